The number of hydrogen-bond donors (Lipinski definition) is 2. The molecule has 0 saturated carbocycles. The second-order valence-corrected chi connectivity index (χ2v) is 4.87. The average Bonchev–Trinajstić information content (AvgIpc) is 2.17. The second kappa shape index (κ2) is 4.69. The van der Waals surface area contributed by atoms with E-state index in [1.165, 1.54) is 18.2 Å². The van der Waals surface area contributed by atoms with Crippen LogP contribution >= 0.6 is 0 Å². The molecule has 84 valence electrons. The van der Waals surface area contributed by atoms with E-state index in [-0.39, 0.29) is 11.4 Å². The number of halogens is 1. The summed E-state index contributed by atoms with van der Waals surface area (Å²) in [5.41, 5.74) is 5.27. The highest BCUT2D eigenvalue weighted by Crippen LogP contribution is 2.13. The van der Waals surface area contributed by atoms with Gasteiger partial charge in [-0.05, 0) is 19.1 Å². The van der Waals surface area contributed by atoms with E-state index in [1.807, 2.05) is 0 Å². The van der Waals surface area contributed by atoms with Gasteiger partial charge in [0.2, 0.25) is 10.0 Å². The third-order valence-corrected chi connectivity index (χ3v) is 3.46. The Morgan fingerprint density at radius 2 is 2.07 bits per heavy atom. The topological polar surface area (TPSA) is 72.2 Å². The van der Waals surface area contributed by atoms with Crippen LogP contribution in [0.5, 0.6) is 0 Å². The first-order chi connectivity index (χ1) is 6.97. The van der Waals surface area contributed by atoms with Crippen molar-refractivity contribution in [1.82, 2.24) is 4.72 Å². The first-order valence-corrected chi connectivity index (χ1v) is 5.92. The summed E-state index contributed by atoms with van der Waals surface area (Å²) in [5, 5.41) is 0. The lowest BCUT2D eigenvalue weighted by Crippen LogP contribution is -2.38. The Kier molecular flexibility index (Phi) is 3.78. The van der Waals surface area contributed by atoms with E-state index >= 15 is 0 Å². The first-order valence-electron chi connectivity index (χ1n) is 4.44. The third-order valence-electron chi connectivity index (χ3n) is 1.84. The summed E-state index contributed by atoms with van der Waals surface area (Å²) in [4.78, 5) is -0.356. The molecule has 0 heterocycles. The highest BCUT2D eigenvalue weighted by atomic mass is 32.2. The van der Waals surface area contributed by atoms with Gasteiger partial charge in [-0.25, -0.2) is 17.5 Å². The average molecular weight is 232 g/mol. The minimum Gasteiger partial charge on any atom is -0.329 e. The van der Waals surface area contributed by atoms with Gasteiger partial charge in [-0.3, -0.25) is 0 Å². The molecule has 3 N–H and O–H groups in total. The number of rotatable bonds is 4. The zero-order valence-corrected chi connectivity index (χ0v) is 9.09. The molecular formula is C9H13FN2O2S. The van der Waals surface area contributed by atoms with E-state index in [2.05, 4.69) is 4.72 Å². The predicted octanol–water partition coefficient (Wildman–Crippen LogP) is 0.451. The summed E-state index contributed by atoms with van der Waals surface area (Å²) in [6.07, 6.45) is 0. The van der Waals surface area contributed by atoms with Crippen molar-refractivity contribution >= 4 is 10.0 Å². The van der Waals surface area contributed by atoms with Gasteiger partial charge in [0, 0.05) is 12.6 Å². The van der Waals surface area contributed by atoms with Crippen molar-refractivity contribution in [2.45, 2.75) is 17.9 Å². The van der Waals surface area contributed by atoms with Gasteiger partial charge in [-0.2, -0.15) is 0 Å². The number of nitrogens with one attached hydrogen (secondary N) is 1. The van der Waals surface area contributed by atoms with Gasteiger partial charge in [0.25, 0.3) is 0 Å². The number of benzene rings is 1. The van der Waals surface area contributed by atoms with Gasteiger partial charge < -0.3 is 5.73 Å². The largest absolute Gasteiger partial charge is 0.329 e. The van der Waals surface area contributed by atoms with Gasteiger partial charge in [0.1, 0.15) is 10.7 Å². The Labute approximate surface area is 88.3 Å². The zero-order valence-electron chi connectivity index (χ0n) is 8.27. The lowest BCUT2D eigenvalue weighted by molar-refractivity contribution is 0.544. The molecule has 0 spiro atoms. The van der Waals surface area contributed by atoms with Crippen LogP contribution in [0.3, 0.4) is 0 Å². The molecule has 15 heavy (non-hydrogen) atoms. The molecular weight excluding hydrogens is 219 g/mol. The van der Waals surface area contributed by atoms with Gasteiger partial charge in [0.05, 0.1) is 0 Å². The van der Waals surface area contributed by atoms with Crippen LogP contribution in [0.4, 0.5) is 4.39 Å². The molecule has 0 saturated heterocycles. The minimum absolute atomic E-state index is 0.160. The zero-order chi connectivity index (χ0) is 11.5. The Bertz CT molecular complexity index is 433. The lowest BCUT2D eigenvalue weighted by Gasteiger charge is -2.12. The van der Waals surface area contributed by atoms with Gasteiger partial charge in [-0.15, -0.1) is 0 Å². The molecule has 0 bridgehead atoms. The highest BCUT2D eigenvalue weighted by Gasteiger charge is 2.19. The first kappa shape index (κ1) is 12.1. The van der Waals surface area contributed by atoms with Crippen LogP contribution in [0.25, 0.3) is 0 Å². The summed E-state index contributed by atoms with van der Waals surface area (Å²) in [5.74, 6) is -0.769. The quantitative estimate of drug-likeness (QED) is 0.791. The number of nitrogens with two attached hydrogens (primary N) is 1. The van der Waals surface area contributed by atoms with E-state index in [1.54, 1.807) is 6.92 Å². The monoisotopic (exact) mass is 232 g/mol. The van der Waals surface area contributed by atoms with Crippen LogP contribution in [0.2, 0.25) is 0 Å². The van der Waals surface area contributed by atoms with Crippen LogP contribution in [-0.4, -0.2) is 21.0 Å². The molecule has 4 nitrogen and oxygen atoms in total. The summed E-state index contributed by atoms with van der Waals surface area (Å²) in [6.45, 7) is 1.77. The fourth-order valence-corrected chi connectivity index (χ4v) is 2.37. The molecule has 0 aromatic heterocycles. The smallest absolute Gasteiger partial charge is 0.243 e. The molecule has 0 fully saturated rings. The fourth-order valence-electron chi connectivity index (χ4n) is 1.04. The maximum Gasteiger partial charge on any atom is 0.243 e. The summed E-state index contributed by atoms with van der Waals surface area (Å²) in [6, 6.07) is 4.78. The van der Waals surface area contributed by atoms with Crippen molar-refractivity contribution < 1.29 is 12.8 Å². The minimum atomic E-state index is -3.81. The highest BCUT2D eigenvalue weighted by molar-refractivity contribution is 7.89. The predicted molar refractivity (Wildman–Crippen MR) is 55.2 cm³/mol. The molecule has 6 heteroatoms. The van der Waals surface area contributed by atoms with E-state index in [4.69, 9.17) is 5.73 Å². The van der Waals surface area contributed by atoms with Crippen molar-refractivity contribution in [2.24, 2.45) is 5.73 Å². The van der Waals surface area contributed by atoms with Crippen molar-refractivity contribution in [3.63, 3.8) is 0 Å². The van der Waals surface area contributed by atoms with E-state index in [0.717, 1.165) is 6.07 Å². The number of hydrogen-bond acceptors (Lipinski definition) is 3. The molecule has 0 aliphatic rings. The van der Waals surface area contributed by atoms with Crippen LogP contribution in [-0.2, 0) is 10.0 Å². The Morgan fingerprint density at radius 1 is 1.47 bits per heavy atom. The lowest BCUT2D eigenvalue weighted by atomic mass is 10.3. The van der Waals surface area contributed by atoms with Gasteiger partial charge in [0.15, 0.2) is 0 Å². The maximum absolute atomic E-state index is 13.2. The maximum atomic E-state index is 13.2. The van der Waals surface area contributed by atoms with E-state index in [9.17, 15) is 12.8 Å². The Morgan fingerprint density at radius 3 is 2.60 bits per heavy atom. The van der Waals surface area contributed by atoms with Gasteiger partial charge >= 0.3 is 0 Å². The Balaban J connectivity index is 3.02. The molecule has 1 rings (SSSR count). The van der Waals surface area contributed by atoms with E-state index < -0.39 is 21.9 Å². The van der Waals surface area contributed by atoms with Crippen LogP contribution in [0.15, 0.2) is 29.2 Å². The molecule has 1 aromatic carbocycles. The van der Waals surface area contributed by atoms with Crippen molar-refractivity contribution in [3.05, 3.63) is 30.1 Å². The fraction of sp³-hybridized carbons (Fsp3) is 0.333. The third kappa shape index (κ3) is 2.98. The van der Waals surface area contributed by atoms with Crippen molar-refractivity contribution in [3.8, 4) is 0 Å². The summed E-state index contributed by atoms with van der Waals surface area (Å²) < 4.78 is 38.7. The summed E-state index contributed by atoms with van der Waals surface area (Å²) in [7, 11) is -3.81. The number of sulfonamides is 1. The van der Waals surface area contributed by atoms with Crippen molar-refractivity contribution in [1.29, 1.82) is 0 Å². The molecule has 0 amide bonds. The van der Waals surface area contributed by atoms with E-state index in [0.29, 0.717) is 0 Å². The summed E-state index contributed by atoms with van der Waals surface area (Å²) >= 11 is 0. The molecule has 0 aliphatic carbocycles. The van der Waals surface area contributed by atoms with Crippen molar-refractivity contribution in [2.75, 3.05) is 6.54 Å². The second-order valence-electron chi connectivity index (χ2n) is 3.19. The molecule has 0 radical (unpaired) electrons. The van der Waals surface area contributed by atoms with Crippen LogP contribution < -0.4 is 10.5 Å². The van der Waals surface area contributed by atoms with Crippen LogP contribution in [0, 0.1) is 5.82 Å². The molecule has 0 aliphatic heterocycles. The molecule has 1 atom stereocenters. The SMILES string of the molecule is C[C@H](CN)NS(=O)(=O)c1ccccc1F. The standard InChI is InChI=1S/C9H13FN2O2S/c1-7(6-11)12-15(13,14)9-5-3-2-4-8(9)10/h2-5,7,12H,6,11H2,1H3/t7-/m1/s1. The molecule has 0 unspecified atom stereocenters. The molecule has 1 aromatic rings. The van der Waals surface area contributed by atoms with Gasteiger partial charge in [-0.1, -0.05) is 12.1 Å². The normalized spacial score (nSPS) is 13.8. The Hall–Kier alpha value is -0.980. The van der Waals surface area contributed by atoms with Crippen LogP contribution in [0.1, 0.15) is 6.92 Å².